The molecule has 5 nitrogen and oxygen atoms in total. The van der Waals surface area contributed by atoms with Crippen molar-refractivity contribution in [2.75, 3.05) is 23.8 Å². The van der Waals surface area contributed by atoms with Crippen LogP contribution >= 0.6 is 11.6 Å². The van der Waals surface area contributed by atoms with Crippen molar-refractivity contribution in [2.24, 2.45) is 0 Å². The van der Waals surface area contributed by atoms with Gasteiger partial charge in [0.1, 0.15) is 0 Å². The molecule has 1 rings (SSSR count). The van der Waals surface area contributed by atoms with Crippen LogP contribution in [0.1, 0.15) is 33.6 Å². The number of nitrogens with one attached hydrogen (secondary N) is 1. The lowest BCUT2D eigenvalue weighted by atomic mass is 10.2. The summed E-state index contributed by atoms with van der Waals surface area (Å²) >= 11 is 5.88. The van der Waals surface area contributed by atoms with E-state index in [9.17, 15) is 0 Å². The fraction of sp³-hybridized carbons (Fsp3) is 0.727. The molecule has 1 atom stereocenters. The lowest BCUT2D eigenvalue weighted by molar-refractivity contribution is 0.604. The zero-order valence-electron chi connectivity index (χ0n) is 10.9. The largest absolute Gasteiger partial charge is 0.354 e. The van der Waals surface area contributed by atoms with Crippen LogP contribution in [0.2, 0.25) is 5.28 Å². The van der Waals surface area contributed by atoms with Crippen LogP contribution in [-0.2, 0) is 0 Å². The Labute approximate surface area is 108 Å². The Morgan fingerprint density at radius 1 is 1.29 bits per heavy atom. The van der Waals surface area contributed by atoms with Gasteiger partial charge in [0, 0.05) is 19.6 Å². The van der Waals surface area contributed by atoms with Crippen molar-refractivity contribution in [1.29, 1.82) is 0 Å². The van der Waals surface area contributed by atoms with Gasteiger partial charge in [-0.1, -0.05) is 13.3 Å². The fourth-order valence-corrected chi connectivity index (χ4v) is 1.70. The second-order valence-electron chi connectivity index (χ2n) is 4.01. The van der Waals surface area contributed by atoms with Crippen LogP contribution in [0.3, 0.4) is 0 Å². The van der Waals surface area contributed by atoms with Gasteiger partial charge in [-0.3, -0.25) is 0 Å². The monoisotopic (exact) mass is 257 g/mol. The zero-order chi connectivity index (χ0) is 12.8. The topological polar surface area (TPSA) is 53.9 Å². The quantitative estimate of drug-likeness (QED) is 0.849. The number of nitrogens with zero attached hydrogens (tertiary/aromatic N) is 4. The molecule has 0 bridgehead atoms. The zero-order valence-corrected chi connectivity index (χ0v) is 11.6. The second-order valence-corrected chi connectivity index (χ2v) is 4.35. The Balaban J connectivity index is 2.88. The highest BCUT2D eigenvalue weighted by Gasteiger charge is 2.14. The van der Waals surface area contributed by atoms with E-state index in [-0.39, 0.29) is 5.28 Å². The summed E-state index contributed by atoms with van der Waals surface area (Å²) < 4.78 is 0. The van der Waals surface area contributed by atoms with Crippen molar-refractivity contribution in [3.05, 3.63) is 5.28 Å². The normalized spacial score (nSPS) is 12.3. The van der Waals surface area contributed by atoms with E-state index in [4.69, 9.17) is 11.6 Å². The lowest BCUT2D eigenvalue weighted by Crippen LogP contribution is -2.30. The maximum atomic E-state index is 5.88. The van der Waals surface area contributed by atoms with Crippen LogP contribution in [0.5, 0.6) is 0 Å². The van der Waals surface area contributed by atoms with Gasteiger partial charge in [0.25, 0.3) is 0 Å². The Hall–Kier alpha value is -1.10. The van der Waals surface area contributed by atoms with E-state index < -0.39 is 0 Å². The Morgan fingerprint density at radius 3 is 2.59 bits per heavy atom. The van der Waals surface area contributed by atoms with Crippen LogP contribution in [0, 0.1) is 0 Å². The average molecular weight is 258 g/mol. The Morgan fingerprint density at radius 2 is 2.00 bits per heavy atom. The van der Waals surface area contributed by atoms with Gasteiger partial charge in [-0.2, -0.15) is 15.0 Å². The summed E-state index contributed by atoms with van der Waals surface area (Å²) in [5, 5.41) is 3.26. The first-order valence-electron chi connectivity index (χ1n) is 5.96. The average Bonchev–Trinajstić information content (AvgIpc) is 2.28. The molecule has 0 amide bonds. The summed E-state index contributed by atoms with van der Waals surface area (Å²) in [6.45, 7) is 7.05. The molecule has 0 aliphatic rings. The smallest absolute Gasteiger partial charge is 0.231 e. The molecule has 17 heavy (non-hydrogen) atoms. The number of rotatable bonds is 6. The third-order valence-electron chi connectivity index (χ3n) is 2.61. The minimum absolute atomic E-state index is 0.224. The van der Waals surface area contributed by atoms with Gasteiger partial charge < -0.3 is 10.2 Å². The fourth-order valence-electron chi connectivity index (χ4n) is 1.54. The number of aromatic nitrogens is 3. The highest BCUT2D eigenvalue weighted by molar-refractivity contribution is 6.28. The predicted octanol–water partition coefficient (Wildman–Crippen LogP) is 2.58. The van der Waals surface area contributed by atoms with E-state index in [1.807, 2.05) is 18.9 Å². The van der Waals surface area contributed by atoms with Crippen molar-refractivity contribution in [3.63, 3.8) is 0 Å². The van der Waals surface area contributed by atoms with Crippen LogP contribution in [-0.4, -0.2) is 34.6 Å². The van der Waals surface area contributed by atoms with Gasteiger partial charge in [0.05, 0.1) is 0 Å². The standard InChI is InChI=1S/C11H20ClN5/c1-5-7-8(3)17(4)11-15-9(12)14-10(16-11)13-6-2/h8H,5-7H2,1-4H3,(H,13,14,15,16). The molecule has 0 spiro atoms. The van der Waals surface area contributed by atoms with Crippen molar-refractivity contribution in [3.8, 4) is 0 Å². The number of anilines is 2. The molecule has 6 heteroatoms. The van der Waals surface area contributed by atoms with E-state index in [1.54, 1.807) is 0 Å². The molecule has 0 aliphatic carbocycles. The molecule has 0 saturated carbocycles. The maximum Gasteiger partial charge on any atom is 0.231 e. The van der Waals surface area contributed by atoms with Gasteiger partial charge in [-0.25, -0.2) is 0 Å². The van der Waals surface area contributed by atoms with E-state index in [0.29, 0.717) is 17.9 Å². The molecule has 0 radical (unpaired) electrons. The van der Waals surface area contributed by atoms with Crippen LogP contribution < -0.4 is 10.2 Å². The van der Waals surface area contributed by atoms with Crippen LogP contribution in [0.15, 0.2) is 0 Å². The van der Waals surface area contributed by atoms with Crippen LogP contribution in [0.25, 0.3) is 0 Å². The molecular weight excluding hydrogens is 238 g/mol. The third-order valence-corrected chi connectivity index (χ3v) is 2.78. The van der Waals surface area contributed by atoms with Crippen molar-refractivity contribution in [2.45, 2.75) is 39.7 Å². The number of hydrogen-bond acceptors (Lipinski definition) is 5. The first-order chi connectivity index (χ1) is 8.08. The molecule has 96 valence electrons. The third kappa shape index (κ3) is 4.00. The second kappa shape index (κ2) is 6.59. The Bertz CT molecular complexity index is 358. The lowest BCUT2D eigenvalue weighted by Gasteiger charge is -2.24. The molecule has 0 aliphatic heterocycles. The van der Waals surface area contributed by atoms with E-state index >= 15 is 0 Å². The minimum Gasteiger partial charge on any atom is -0.354 e. The first kappa shape index (κ1) is 14.0. The summed E-state index contributed by atoms with van der Waals surface area (Å²) in [7, 11) is 1.97. The molecule has 0 fully saturated rings. The van der Waals surface area contributed by atoms with E-state index in [2.05, 4.69) is 34.1 Å². The molecule has 1 unspecified atom stereocenters. The maximum absolute atomic E-state index is 5.88. The molecule has 1 N–H and O–H groups in total. The molecule has 1 heterocycles. The minimum atomic E-state index is 0.224. The molecule has 1 aromatic heterocycles. The van der Waals surface area contributed by atoms with Gasteiger partial charge in [0.2, 0.25) is 17.2 Å². The van der Waals surface area contributed by atoms with E-state index in [0.717, 1.165) is 19.4 Å². The summed E-state index contributed by atoms with van der Waals surface area (Å²) in [6, 6.07) is 0.382. The van der Waals surface area contributed by atoms with Gasteiger partial charge in [-0.05, 0) is 31.9 Å². The van der Waals surface area contributed by atoms with Crippen molar-refractivity contribution < 1.29 is 0 Å². The summed E-state index contributed by atoms with van der Waals surface area (Å²) in [4.78, 5) is 14.5. The van der Waals surface area contributed by atoms with Crippen molar-refractivity contribution >= 4 is 23.5 Å². The first-order valence-corrected chi connectivity index (χ1v) is 6.34. The van der Waals surface area contributed by atoms with Crippen molar-refractivity contribution in [1.82, 2.24) is 15.0 Å². The highest BCUT2D eigenvalue weighted by Crippen LogP contribution is 2.16. The Kier molecular flexibility index (Phi) is 5.41. The molecule has 0 aromatic carbocycles. The molecular formula is C11H20ClN5. The number of hydrogen-bond donors (Lipinski definition) is 1. The summed E-state index contributed by atoms with van der Waals surface area (Å²) in [5.74, 6) is 1.14. The molecule has 0 saturated heterocycles. The van der Waals surface area contributed by atoms with E-state index in [1.165, 1.54) is 0 Å². The van der Waals surface area contributed by atoms with Gasteiger partial charge in [-0.15, -0.1) is 0 Å². The predicted molar refractivity (Wildman–Crippen MR) is 71.8 cm³/mol. The van der Waals surface area contributed by atoms with Gasteiger partial charge in [0.15, 0.2) is 0 Å². The SMILES string of the molecule is CCCC(C)N(C)c1nc(Cl)nc(NCC)n1. The van der Waals surface area contributed by atoms with Gasteiger partial charge >= 0.3 is 0 Å². The molecule has 1 aromatic rings. The summed E-state index contributed by atoms with van der Waals surface area (Å²) in [6.07, 6.45) is 2.22. The summed E-state index contributed by atoms with van der Waals surface area (Å²) in [5.41, 5.74) is 0. The van der Waals surface area contributed by atoms with Crippen LogP contribution in [0.4, 0.5) is 11.9 Å². The highest BCUT2D eigenvalue weighted by atomic mass is 35.5. The number of halogens is 1.